The third-order valence-electron chi connectivity index (χ3n) is 3.23. The average molecular weight is 208 g/mol. The fraction of sp³-hybridized carbons (Fsp3) is 0.133. The number of benzene rings is 2. The zero-order valence-electron chi connectivity index (χ0n) is 9.57. The summed E-state index contributed by atoms with van der Waals surface area (Å²) in [5.41, 5.74) is 2.63. The van der Waals surface area contributed by atoms with Gasteiger partial charge in [-0.2, -0.15) is 0 Å². The minimum atomic E-state index is 1.29. The SMILES string of the molecule is Cc1cc[n+](C)c2ccc3ccccc3c12. The van der Waals surface area contributed by atoms with Crippen LogP contribution in [0, 0.1) is 6.92 Å². The van der Waals surface area contributed by atoms with Crippen molar-refractivity contribution in [1.82, 2.24) is 0 Å². The summed E-state index contributed by atoms with van der Waals surface area (Å²) >= 11 is 0. The van der Waals surface area contributed by atoms with Crippen LogP contribution in [0.15, 0.2) is 48.7 Å². The molecule has 1 heteroatoms. The van der Waals surface area contributed by atoms with E-state index in [2.05, 4.69) is 67.2 Å². The zero-order valence-corrected chi connectivity index (χ0v) is 9.57. The molecule has 1 heterocycles. The summed E-state index contributed by atoms with van der Waals surface area (Å²) in [5.74, 6) is 0. The van der Waals surface area contributed by atoms with Crippen LogP contribution in [0.25, 0.3) is 21.7 Å². The minimum absolute atomic E-state index is 1.29. The molecule has 0 aliphatic heterocycles. The Balaban J connectivity index is 2.64. The molecule has 0 aliphatic carbocycles. The van der Waals surface area contributed by atoms with Crippen LogP contribution in [0.4, 0.5) is 0 Å². The molecular weight excluding hydrogens is 194 g/mol. The lowest BCUT2D eigenvalue weighted by molar-refractivity contribution is -0.644. The van der Waals surface area contributed by atoms with E-state index in [-0.39, 0.29) is 0 Å². The molecule has 0 unspecified atom stereocenters. The molecule has 0 atom stereocenters. The summed E-state index contributed by atoms with van der Waals surface area (Å²) < 4.78 is 2.18. The maximum atomic E-state index is 2.20. The number of nitrogens with zero attached hydrogens (tertiary/aromatic N) is 1. The molecule has 78 valence electrons. The summed E-state index contributed by atoms with van der Waals surface area (Å²) in [6.07, 6.45) is 2.12. The van der Waals surface area contributed by atoms with E-state index in [0.29, 0.717) is 0 Å². The first-order chi connectivity index (χ1) is 7.77. The topological polar surface area (TPSA) is 3.88 Å². The third kappa shape index (κ3) is 1.21. The number of pyridine rings is 1. The van der Waals surface area contributed by atoms with Crippen molar-refractivity contribution in [3.05, 3.63) is 54.2 Å². The molecule has 16 heavy (non-hydrogen) atoms. The predicted molar refractivity (Wildman–Crippen MR) is 67.4 cm³/mol. The van der Waals surface area contributed by atoms with Gasteiger partial charge in [0.15, 0.2) is 6.20 Å². The van der Waals surface area contributed by atoms with Crippen molar-refractivity contribution in [2.45, 2.75) is 6.92 Å². The lowest BCUT2D eigenvalue weighted by Gasteiger charge is -2.04. The van der Waals surface area contributed by atoms with Crippen LogP contribution in [0.2, 0.25) is 0 Å². The molecule has 0 aliphatic rings. The molecule has 0 bridgehead atoms. The van der Waals surface area contributed by atoms with Crippen LogP contribution in [0.1, 0.15) is 5.56 Å². The van der Waals surface area contributed by atoms with Crippen molar-refractivity contribution in [3.8, 4) is 0 Å². The maximum absolute atomic E-state index is 2.20. The molecule has 0 fully saturated rings. The van der Waals surface area contributed by atoms with Crippen LogP contribution in [0.5, 0.6) is 0 Å². The first-order valence-electron chi connectivity index (χ1n) is 5.54. The van der Waals surface area contributed by atoms with Crippen LogP contribution in [0.3, 0.4) is 0 Å². The van der Waals surface area contributed by atoms with Crippen molar-refractivity contribution in [3.63, 3.8) is 0 Å². The van der Waals surface area contributed by atoms with E-state index in [4.69, 9.17) is 0 Å². The summed E-state index contributed by atoms with van der Waals surface area (Å²) in [7, 11) is 2.09. The quantitative estimate of drug-likeness (QED) is 0.395. The highest BCUT2D eigenvalue weighted by Gasteiger charge is 2.09. The molecule has 0 saturated heterocycles. The first-order valence-corrected chi connectivity index (χ1v) is 5.54. The zero-order chi connectivity index (χ0) is 11.1. The minimum Gasteiger partial charge on any atom is -0.201 e. The van der Waals surface area contributed by atoms with E-state index in [9.17, 15) is 0 Å². The Morgan fingerprint density at radius 3 is 2.62 bits per heavy atom. The summed E-state index contributed by atoms with van der Waals surface area (Å²) in [5, 5.41) is 4.01. The number of fused-ring (bicyclic) bond motifs is 3. The van der Waals surface area contributed by atoms with Gasteiger partial charge in [-0.1, -0.05) is 24.3 Å². The fourth-order valence-electron chi connectivity index (χ4n) is 2.36. The first kappa shape index (κ1) is 9.34. The highest BCUT2D eigenvalue weighted by atomic mass is 14.9. The van der Waals surface area contributed by atoms with Crippen LogP contribution in [-0.2, 0) is 7.05 Å². The third-order valence-corrected chi connectivity index (χ3v) is 3.23. The Labute approximate surface area is 95.0 Å². The lowest BCUT2D eigenvalue weighted by atomic mass is 10.0. The second-order valence-electron chi connectivity index (χ2n) is 4.29. The number of aromatic nitrogens is 1. The number of aryl methyl sites for hydroxylation is 2. The van der Waals surface area contributed by atoms with E-state index < -0.39 is 0 Å². The molecule has 2 aromatic carbocycles. The molecule has 0 saturated carbocycles. The number of hydrogen-bond donors (Lipinski definition) is 0. The van der Waals surface area contributed by atoms with Crippen molar-refractivity contribution in [2.75, 3.05) is 0 Å². The maximum Gasteiger partial charge on any atom is 0.213 e. The largest absolute Gasteiger partial charge is 0.213 e. The molecule has 0 amide bonds. The Morgan fingerprint density at radius 2 is 1.75 bits per heavy atom. The van der Waals surface area contributed by atoms with Gasteiger partial charge < -0.3 is 0 Å². The fourth-order valence-corrected chi connectivity index (χ4v) is 2.36. The van der Waals surface area contributed by atoms with E-state index in [0.717, 1.165) is 0 Å². The molecule has 1 nitrogen and oxygen atoms in total. The second kappa shape index (κ2) is 3.31. The van der Waals surface area contributed by atoms with Crippen LogP contribution >= 0.6 is 0 Å². The Kier molecular flexibility index (Phi) is 1.93. The predicted octanol–water partition coefficient (Wildman–Crippen LogP) is 3.13. The van der Waals surface area contributed by atoms with Gasteiger partial charge in [0.1, 0.15) is 7.05 Å². The van der Waals surface area contributed by atoms with E-state index in [1.165, 1.54) is 27.2 Å². The van der Waals surface area contributed by atoms with Gasteiger partial charge in [-0.05, 0) is 29.3 Å². The summed E-state index contributed by atoms with van der Waals surface area (Å²) in [6.45, 7) is 2.18. The van der Waals surface area contributed by atoms with Crippen LogP contribution in [-0.4, -0.2) is 0 Å². The molecule has 0 N–H and O–H groups in total. The standard InChI is InChI=1S/C15H14N/c1-11-9-10-16(2)14-8-7-12-5-3-4-6-13(12)15(11)14/h3-10H,1-2H3/q+1. The van der Waals surface area contributed by atoms with Gasteiger partial charge in [-0.15, -0.1) is 0 Å². The van der Waals surface area contributed by atoms with E-state index in [1.807, 2.05) is 0 Å². The van der Waals surface area contributed by atoms with Gasteiger partial charge in [0.25, 0.3) is 0 Å². The highest BCUT2D eigenvalue weighted by molar-refractivity contribution is 6.06. The molecule has 3 aromatic rings. The van der Waals surface area contributed by atoms with Gasteiger partial charge in [0.05, 0.1) is 5.39 Å². The van der Waals surface area contributed by atoms with Crippen molar-refractivity contribution in [2.24, 2.45) is 7.05 Å². The Hall–Kier alpha value is -1.89. The Morgan fingerprint density at radius 1 is 0.938 bits per heavy atom. The van der Waals surface area contributed by atoms with Crippen LogP contribution < -0.4 is 4.57 Å². The van der Waals surface area contributed by atoms with E-state index in [1.54, 1.807) is 0 Å². The average Bonchev–Trinajstić information content (AvgIpc) is 2.33. The smallest absolute Gasteiger partial charge is 0.201 e. The molecule has 3 rings (SSSR count). The monoisotopic (exact) mass is 208 g/mol. The number of hydrogen-bond acceptors (Lipinski definition) is 0. The second-order valence-corrected chi connectivity index (χ2v) is 4.29. The molecule has 1 aromatic heterocycles. The highest BCUT2D eigenvalue weighted by Crippen LogP contribution is 2.25. The molecule has 0 spiro atoms. The number of rotatable bonds is 0. The molecular formula is C15H14N+. The van der Waals surface area contributed by atoms with Gasteiger partial charge in [0.2, 0.25) is 5.52 Å². The summed E-state index contributed by atoms with van der Waals surface area (Å²) in [6, 6.07) is 15.1. The van der Waals surface area contributed by atoms with Crippen molar-refractivity contribution >= 4 is 21.7 Å². The van der Waals surface area contributed by atoms with Gasteiger partial charge in [-0.25, -0.2) is 4.57 Å². The van der Waals surface area contributed by atoms with E-state index >= 15 is 0 Å². The van der Waals surface area contributed by atoms with Crippen molar-refractivity contribution in [1.29, 1.82) is 0 Å². The summed E-state index contributed by atoms with van der Waals surface area (Å²) in [4.78, 5) is 0. The van der Waals surface area contributed by atoms with Gasteiger partial charge in [0, 0.05) is 12.1 Å². The van der Waals surface area contributed by atoms with Crippen molar-refractivity contribution < 1.29 is 4.57 Å². The van der Waals surface area contributed by atoms with Gasteiger partial charge >= 0.3 is 0 Å². The lowest BCUT2D eigenvalue weighted by Crippen LogP contribution is -2.28. The molecule has 0 radical (unpaired) electrons. The Bertz CT molecular complexity index is 683. The van der Waals surface area contributed by atoms with Gasteiger partial charge in [-0.3, -0.25) is 0 Å². The normalized spacial score (nSPS) is 11.1.